The molecule has 0 saturated carbocycles. The highest BCUT2D eigenvalue weighted by atomic mass is 32.2. The van der Waals surface area contributed by atoms with Crippen LogP contribution in [0.15, 0.2) is 34.9 Å². The molecule has 24 heavy (non-hydrogen) atoms. The van der Waals surface area contributed by atoms with Crippen LogP contribution in [-0.4, -0.2) is 28.8 Å². The number of phenolic OH excluding ortho intramolecular Hbond substituents is 1. The van der Waals surface area contributed by atoms with Crippen molar-refractivity contribution in [1.82, 2.24) is 5.32 Å². The molecule has 1 amide bonds. The zero-order valence-corrected chi connectivity index (χ0v) is 14.2. The van der Waals surface area contributed by atoms with Crippen molar-refractivity contribution in [3.05, 3.63) is 40.4 Å². The normalized spacial score (nSPS) is 17.4. The monoisotopic (exact) mass is 346 g/mol. The standard InChI is InChI=1S/C17H18N2O4S/c1-10(2)23-16(22)9-24-17-14(8-18)13(7-15(21)19-17)11-3-5-12(20)6-4-11/h3-6,10,13,20H,7,9H2,1-2H3,(H,19,21)/t13-/m0/s1. The number of nitriles is 1. The summed E-state index contributed by atoms with van der Waals surface area (Å²) in [6.45, 7) is 3.51. The van der Waals surface area contributed by atoms with E-state index in [4.69, 9.17) is 4.74 Å². The number of allylic oxidation sites excluding steroid dienone is 1. The van der Waals surface area contributed by atoms with E-state index in [0.717, 1.165) is 17.3 Å². The van der Waals surface area contributed by atoms with Gasteiger partial charge in [0.15, 0.2) is 0 Å². The highest BCUT2D eigenvalue weighted by molar-refractivity contribution is 8.03. The molecule has 6 nitrogen and oxygen atoms in total. The smallest absolute Gasteiger partial charge is 0.316 e. The molecule has 0 saturated heterocycles. The maximum Gasteiger partial charge on any atom is 0.316 e. The summed E-state index contributed by atoms with van der Waals surface area (Å²) in [6.07, 6.45) is -0.0676. The van der Waals surface area contributed by atoms with Gasteiger partial charge in [0.2, 0.25) is 5.91 Å². The van der Waals surface area contributed by atoms with E-state index in [2.05, 4.69) is 11.4 Å². The maximum absolute atomic E-state index is 12.0. The Morgan fingerprint density at radius 3 is 2.71 bits per heavy atom. The Bertz CT molecular complexity index is 704. The SMILES string of the molecule is CC(C)OC(=O)CSC1=C(C#N)[C@H](c2ccc(O)cc2)CC(=O)N1. The van der Waals surface area contributed by atoms with Gasteiger partial charge in [-0.05, 0) is 31.5 Å². The number of carbonyl (C=O) groups is 2. The number of rotatable bonds is 5. The number of phenols is 1. The number of thioether (sulfide) groups is 1. The van der Waals surface area contributed by atoms with Crippen LogP contribution in [0, 0.1) is 11.3 Å². The van der Waals surface area contributed by atoms with E-state index in [0.29, 0.717) is 10.6 Å². The van der Waals surface area contributed by atoms with Gasteiger partial charge in [-0.25, -0.2) is 0 Å². The van der Waals surface area contributed by atoms with Crippen LogP contribution in [0.2, 0.25) is 0 Å². The first-order valence-electron chi connectivity index (χ1n) is 7.46. The Kier molecular flexibility index (Phi) is 5.88. The third-order valence-corrected chi connectivity index (χ3v) is 4.34. The Balaban J connectivity index is 2.23. The molecule has 126 valence electrons. The summed E-state index contributed by atoms with van der Waals surface area (Å²) in [7, 11) is 0. The van der Waals surface area contributed by atoms with E-state index in [1.54, 1.807) is 26.0 Å². The van der Waals surface area contributed by atoms with Gasteiger partial charge in [-0.15, -0.1) is 0 Å². The van der Waals surface area contributed by atoms with Crippen LogP contribution in [0.1, 0.15) is 31.7 Å². The maximum atomic E-state index is 12.0. The number of hydrogen-bond donors (Lipinski definition) is 2. The average molecular weight is 346 g/mol. The van der Waals surface area contributed by atoms with Crippen molar-refractivity contribution >= 4 is 23.6 Å². The minimum Gasteiger partial charge on any atom is -0.508 e. The average Bonchev–Trinajstić information content (AvgIpc) is 2.52. The quantitative estimate of drug-likeness (QED) is 0.794. The molecule has 1 heterocycles. The molecule has 1 aliphatic heterocycles. The summed E-state index contributed by atoms with van der Waals surface area (Å²) in [6, 6.07) is 8.54. The second kappa shape index (κ2) is 7.88. The molecule has 2 rings (SSSR count). The van der Waals surface area contributed by atoms with Crippen molar-refractivity contribution in [2.24, 2.45) is 0 Å². The first-order valence-corrected chi connectivity index (χ1v) is 8.44. The van der Waals surface area contributed by atoms with Crippen LogP contribution in [0.5, 0.6) is 5.75 Å². The van der Waals surface area contributed by atoms with Crippen molar-refractivity contribution in [2.75, 3.05) is 5.75 Å². The number of nitrogens with one attached hydrogen (secondary N) is 1. The topological polar surface area (TPSA) is 99.4 Å². The van der Waals surface area contributed by atoms with Crippen molar-refractivity contribution in [3.8, 4) is 11.8 Å². The van der Waals surface area contributed by atoms with Crippen LogP contribution in [-0.2, 0) is 14.3 Å². The predicted octanol–water partition coefficient (Wildman–Crippen LogP) is 2.42. The molecule has 0 unspecified atom stereocenters. The third kappa shape index (κ3) is 4.52. The molecule has 1 aromatic rings. The van der Waals surface area contributed by atoms with E-state index < -0.39 is 11.9 Å². The van der Waals surface area contributed by atoms with Crippen LogP contribution in [0.25, 0.3) is 0 Å². The molecule has 0 aliphatic carbocycles. The Hall–Kier alpha value is -2.46. The molecule has 1 aromatic carbocycles. The molecule has 1 atom stereocenters. The number of esters is 1. The lowest BCUT2D eigenvalue weighted by Crippen LogP contribution is -2.31. The molecule has 0 aromatic heterocycles. The van der Waals surface area contributed by atoms with Gasteiger partial charge in [0, 0.05) is 12.3 Å². The molecule has 7 heteroatoms. The van der Waals surface area contributed by atoms with Crippen LogP contribution in [0.3, 0.4) is 0 Å². The number of benzene rings is 1. The number of carbonyl (C=O) groups excluding carboxylic acids is 2. The Labute approximate surface area is 144 Å². The summed E-state index contributed by atoms with van der Waals surface area (Å²) in [5.74, 6) is -0.880. The van der Waals surface area contributed by atoms with E-state index in [1.807, 2.05) is 0 Å². The predicted molar refractivity (Wildman–Crippen MR) is 89.9 cm³/mol. The van der Waals surface area contributed by atoms with Crippen molar-refractivity contribution in [2.45, 2.75) is 32.3 Å². The van der Waals surface area contributed by atoms with Crippen molar-refractivity contribution < 1.29 is 19.4 Å². The van der Waals surface area contributed by atoms with Crippen LogP contribution < -0.4 is 5.32 Å². The minimum atomic E-state index is -0.402. The lowest BCUT2D eigenvalue weighted by atomic mass is 9.87. The van der Waals surface area contributed by atoms with Gasteiger partial charge in [-0.3, -0.25) is 9.59 Å². The second-order valence-electron chi connectivity index (χ2n) is 5.58. The summed E-state index contributed by atoms with van der Waals surface area (Å²) >= 11 is 1.09. The molecular weight excluding hydrogens is 328 g/mol. The number of aromatic hydroxyl groups is 1. The largest absolute Gasteiger partial charge is 0.508 e. The Morgan fingerprint density at radius 2 is 2.12 bits per heavy atom. The lowest BCUT2D eigenvalue weighted by Gasteiger charge is -2.25. The molecule has 0 fully saturated rings. The summed E-state index contributed by atoms with van der Waals surface area (Å²) < 4.78 is 5.06. The fraction of sp³-hybridized carbons (Fsp3) is 0.353. The minimum absolute atomic E-state index is 0.0151. The lowest BCUT2D eigenvalue weighted by molar-refractivity contribution is -0.144. The van der Waals surface area contributed by atoms with Crippen molar-refractivity contribution in [1.29, 1.82) is 5.26 Å². The third-order valence-electron chi connectivity index (χ3n) is 3.35. The highest BCUT2D eigenvalue weighted by Gasteiger charge is 2.30. The fourth-order valence-electron chi connectivity index (χ4n) is 2.35. The van der Waals surface area contributed by atoms with Gasteiger partial charge in [-0.2, -0.15) is 5.26 Å². The number of amides is 1. The molecule has 0 bridgehead atoms. The second-order valence-corrected chi connectivity index (χ2v) is 6.56. The highest BCUT2D eigenvalue weighted by Crippen LogP contribution is 2.36. The summed E-state index contributed by atoms with van der Waals surface area (Å²) in [5, 5.41) is 21.9. The first-order chi connectivity index (χ1) is 11.4. The Morgan fingerprint density at radius 1 is 1.46 bits per heavy atom. The van der Waals surface area contributed by atoms with E-state index >= 15 is 0 Å². The number of hydrogen-bond acceptors (Lipinski definition) is 6. The summed E-state index contributed by atoms with van der Waals surface area (Å²) in [4.78, 5) is 23.6. The van der Waals surface area contributed by atoms with Crippen molar-refractivity contribution in [3.63, 3.8) is 0 Å². The number of ether oxygens (including phenoxy) is 1. The molecule has 0 spiro atoms. The fourth-order valence-corrected chi connectivity index (χ4v) is 3.21. The van der Waals surface area contributed by atoms with Gasteiger partial charge in [-0.1, -0.05) is 23.9 Å². The van der Waals surface area contributed by atoms with Gasteiger partial charge in [0.25, 0.3) is 0 Å². The van der Waals surface area contributed by atoms with Gasteiger partial charge < -0.3 is 15.2 Å². The van der Waals surface area contributed by atoms with Gasteiger partial charge in [0.05, 0.1) is 28.5 Å². The summed E-state index contributed by atoms with van der Waals surface area (Å²) in [5.41, 5.74) is 1.17. The zero-order chi connectivity index (χ0) is 17.7. The zero-order valence-electron chi connectivity index (χ0n) is 13.4. The van der Waals surface area contributed by atoms with E-state index in [-0.39, 0.29) is 29.9 Å². The van der Waals surface area contributed by atoms with Gasteiger partial charge in [0.1, 0.15) is 5.75 Å². The first kappa shape index (κ1) is 17.9. The van der Waals surface area contributed by atoms with Crippen LogP contribution in [0.4, 0.5) is 0 Å². The van der Waals surface area contributed by atoms with Gasteiger partial charge >= 0.3 is 5.97 Å². The van der Waals surface area contributed by atoms with E-state index in [1.165, 1.54) is 12.1 Å². The molecule has 1 aliphatic rings. The van der Waals surface area contributed by atoms with Crippen LogP contribution >= 0.6 is 11.8 Å². The molecule has 2 N–H and O–H groups in total. The molecular formula is C17H18N2O4S. The van der Waals surface area contributed by atoms with E-state index in [9.17, 15) is 20.0 Å². The molecule has 0 radical (unpaired) electrons. The number of nitrogens with zero attached hydrogens (tertiary/aromatic N) is 1.